The lowest BCUT2D eigenvalue weighted by Gasteiger charge is -2.34. The SMILES string of the molecule is COc1cc(C2CC(=O)C3=C(C2)Nc2[nH][nH]c(=O)c2C3c2ccc(-c3ccccc3)cc2)cc(OC)c1OC. The zero-order chi connectivity index (χ0) is 27.1. The number of carbonyl (C=O) groups is 1. The van der Waals surface area contributed by atoms with Crippen LogP contribution < -0.4 is 25.1 Å². The van der Waals surface area contributed by atoms with Crippen LogP contribution in [-0.4, -0.2) is 37.3 Å². The molecule has 2 unspecified atom stereocenters. The second-order valence-electron chi connectivity index (χ2n) is 9.79. The van der Waals surface area contributed by atoms with Gasteiger partial charge in [-0.3, -0.25) is 19.8 Å². The van der Waals surface area contributed by atoms with Crippen LogP contribution in [0.2, 0.25) is 0 Å². The molecule has 4 aromatic rings. The number of allylic oxidation sites excluding steroid dienone is 2. The first-order valence-corrected chi connectivity index (χ1v) is 12.8. The summed E-state index contributed by atoms with van der Waals surface area (Å²) in [4.78, 5) is 26.8. The monoisotopic (exact) mass is 523 g/mol. The minimum absolute atomic E-state index is 0.00545. The highest BCUT2D eigenvalue weighted by Crippen LogP contribution is 2.48. The molecule has 2 heterocycles. The molecule has 3 aromatic carbocycles. The molecule has 0 saturated carbocycles. The lowest BCUT2D eigenvalue weighted by atomic mass is 9.72. The van der Waals surface area contributed by atoms with Gasteiger partial charge in [0.05, 0.1) is 26.9 Å². The number of hydrogen-bond donors (Lipinski definition) is 3. The third-order valence-electron chi connectivity index (χ3n) is 7.69. The molecule has 0 spiro atoms. The number of hydrogen-bond acceptors (Lipinski definition) is 6. The molecular weight excluding hydrogens is 494 g/mol. The Morgan fingerprint density at radius 2 is 1.41 bits per heavy atom. The van der Waals surface area contributed by atoms with E-state index in [1.54, 1.807) is 21.3 Å². The summed E-state index contributed by atoms with van der Waals surface area (Å²) in [7, 11) is 4.72. The minimum atomic E-state index is -0.468. The molecule has 1 aliphatic carbocycles. The number of H-pyrrole nitrogens is 2. The Morgan fingerprint density at radius 3 is 2.05 bits per heavy atom. The first-order valence-electron chi connectivity index (χ1n) is 12.8. The summed E-state index contributed by atoms with van der Waals surface area (Å²) in [5.41, 5.74) is 5.74. The largest absolute Gasteiger partial charge is 0.493 e. The molecule has 8 heteroatoms. The molecule has 0 amide bonds. The molecule has 2 atom stereocenters. The molecule has 198 valence electrons. The Morgan fingerprint density at radius 1 is 0.744 bits per heavy atom. The second kappa shape index (κ2) is 9.87. The summed E-state index contributed by atoms with van der Waals surface area (Å²) in [5.74, 6) is 1.62. The molecule has 0 fully saturated rings. The van der Waals surface area contributed by atoms with Crippen LogP contribution in [-0.2, 0) is 4.79 Å². The van der Waals surface area contributed by atoms with Gasteiger partial charge < -0.3 is 19.5 Å². The van der Waals surface area contributed by atoms with Gasteiger partial charge in [0.15, 0.2) is 17.3 Å². The van der Waals surface area contributed by atoms with Crippen LogP contribution in [0.3, 0.4) is 0 Å². The van der Waals surface area contributed by atoms with Crippen LogP contribution in [0.25, 0.3) is 11.1 Å². The number of ketones is 1. The standard InChI is InChI=1S/C31H29N3O5/c1-37-24-15-21(16-25(38-2)29(24)39-3)20-13-22-27(23(35)14-20)26(28-30(32-22)33-34-31(28)36)19-11-9-18(10-12-19)17-7-5-4-6-8-17/h4-12,15-16,20,26H,13-14H2,1-3H3,(H3,32,33,34,36). The van der Waals surface area contributed by atoms with E-state index in [2.05, 4.69) is 27.6 Å². The van der Waals surface area contributed by atoms with E-state index in [4.69, 9.17) is 14.2 Å². The first kappa shape index (κ1) is 24.6. The van der Waals surface area contributed by atoms with E-state index in [-0.39, 0.29) is 17.3 Å². The predicted octanol–water partition coefficient (Wildman–Crippen LogP) is 5.35. The molecule has 1 aliphatic heterocycles. The molecule has 8 nitrogen and oxygen atoms in total. The van der Waals surface area contributed by atoms with Gasteiger partial charge in [-0.05, 0) is 46.7 Å². The number of Topliss-reactive ketones (excluding diaryl/α,β-unsaturated/α-hetero) is 1. The Labute approximate surface area is 225 Å². The number of aromatic amines is 2. The third kappa shape index (κ3) is 4.18. The average Bonchev–Trinajstić information content (AvgIpc) is 3.35. The van der Waals surface area contributed by atoms with Gasteiger partial charge in [-0.25, -0.2) is 0 Å². The van der Waals surface area contributed by atoms with Crippen LogP contribution in [0.4, 0.5) is 5.82 Å². The zero-order valence-corrected chi connectivity index (χ0v) is 22.0. The van der Waals surface area contributed by atoms with Crippen molar-refractivity contribution < 1.29 is 19.0 Å². The summed E-state index contributed by atoms with van der Waals surface area (Å²) >= 11 is 0. The van der Waals surface area contributed by atoms with E-state index in [1.165, 1.54) is 0 Å². The van der Waals surface area contributed by atoms with Crippen LogP contribution in [0.1, 0.15) is 41.4 Å². The van der Waals surface area contributed by atoms with Crippen molar-refractivity contribution in [2.75, 3.05) is 26.6 Å². The van der Waals surface area contributed by atoms with E-state index in [0.717, 1.165) is 28.0 Å². The summed E-state index contributed by atoms with van der Waals surface area (Å²) in [5, 5.41) is 9.02. The van der Waals surface area contributed by atoms with Crippen molar-refractivity contribution in [3.63, 3.8) is 0 Å². The fourth-order valence-electron chi connectivity index (χ4n) is 5.83. The van der Waals surface area contributed by atoms with Crippen molar-refractivity contribution in [1.82, 2.24) is 10.2 Å². The van der Waals surface area contributed by atoms with Gasteiger partial charge in [-0.15, -0.1) is 0 Å². The quantitative estimate of drug-likeness (QED) is 0.315. The van der Waals surface area contributed by atoms with Gasteiger partial charge in [0, 0.05) is 23.6 Å². The number of carbonyl (C=O) groups excluding carboxylic acids is 1. The molecule has 0 saturated heterocycles. The molecule has 39 heavy (non-hydrogen) atoms. The highest BCUT2D eigenvalue weighted by atomic mass is 16.5. The van der Waals surface area contributed by atoms with E-state index in [0.29, 0.717) is 47.0 Å². The van der Waals surface area contributed by atoms with E-state index < -0.39 is 5.92 Å². The molecular formula is C31H29N3O5. The van der Waals surface area contributed by atoms with E-state index in [9.17, 15) is 9.59 Å². The Kier molecular flexibility index (Phi) is 6.23. The van der Waals surface area contributed by atoms with Gasteiger partial charge in [0.1, 0.15) is 5.82 Å². The van der Waals surface area contributed by atoms with Gasteiger partial charge in [0.2, 0.25) is 5.75 Å². The zero-order valence-electron chi connectivity index (χ0n) is 22.0. The maximum absolute atomic E-state index is 13.9. The second-order valence-corrected chi connectivity index (χ2v) is 9.79. The molecule has 3 N–H and O–H groups in total. The summed E-state index contributed by atoms with van der Waals surface area (Å²) in [6, 6.07) is 22.0. The number of nitrogens with one attached hydrogen (secondary N) is 3. The molecule has 2 aliphatic rings. The number of rotatable bonds is 6. The van der Waals surface area contributed by atoms with Crippen molar-refractivity contribution in [2.24, 2.45) is 0 Å². The van der Waals surface area contributed by atoms with Crippen molar-refractivity contribution in [3.05, 3.63) is 105 Å². The van der Waals surface area contributed by atoms with Gasteiger partial charge in [-0.1, -0.05) is 54.6 Å². The van der Waals surface area contributed by atoms with Crippen LogP contribution in [0.15, 0.2) is 82.8 Å². The highest BCUT2D eigenvalue weighted by molar-refractivity contribution is 6.01. The smallest absolute Gasteiger partial charge is 0.270 e. The normalized spacial score (nSPS) is 18.2. The van der Waals surface area contributed by atoms with Crippen molar-refractivity contribution in [2.45, 2.75) is 24.7 Å². The number of methoxy groups -OCH3 is 3. The number of ether oxygens (including phenoxy) is 3. The van der Waals surface area contributed by atoms with E-state index in [1.807, 2.05) is 54.6 Å². The van der Waals surface area contributed by atoms with Gasteiger partial charge in [-0.2, -0.15) is 0 Å². The minimum Gasteiger partial charge on any atom is -0.493 e. The summed E-state index contributed by atoms with van der Waals surface area (Å²) < 4.78 is 16.6. The number of aromatic nitrogens is 2. The van der Waals surface area contributed by atoms with Crippen molar-refractivity contribution in [3.8, 4) is 28.4 Å². The van der Waals surface area contributed by atoms with Crippen molar-refractivity contribution in [1.29, 1.82) is 0 Å². The molecule has 0 radical (unpaired) electrons. The molecule has 1 aromatic heterocycles. The third-order valence-corrected chi connectivity index (χ3v) is 7.69. The van der Waals surface area contributed by atoms with E-state index >= 15 is 0 Å². The highest BCUT2D eigenvalue weighted by Gasteiger charge is 2.40. The van der Waals surface area contributed by atoms with Crippen LogP contribution >= 0.6 is 0 Å². The maximum Gasteiger partial charge on any atom is 0.270 e. The van der Waals surface area contributed by atoms with Gasteiger partial charge >= 0.3 is 0 Å². The summed E-state index contributed by atoms with van der Waals surface area (Å²) in [6.07, 6.45) is 0.889. The lowest BCUT2D eigenvalue weighted by Crippen LogP contribution is -2.31. The fraction of sp³-hybridized carbons (Fsp3) is 0.226. The summed E-state index contributed by atoms with van der Waals surface area (Å²) in [6.45, 7) is 0. The first-order chi connectivity index (χ1) is 19.0. The average molecular weight is 524 g/mol. The molecule has 6 rings (SSSR count). The topological polar surface area (TPSA) is 105 Å². The maximum atomic E-state index is 13.9. The fourth-order valence-corrected chi connectivity index (χ4v) is 5.83. The number of benzene rings is 3. The number of anilines is 1. The van der Waals surface area contributed by atoms with Gasteiger partial charge in [0.25, 0.3) is 5.56 Å². The molecule has 0 bridgehead atoms. The number of fused-ring (bicyclic) bond motifs is 1. The van der Waals surface area contributed by atoms with Crippen LogP contribution in [0.5, 0.6) is 17.2 Å². The van der Waals surface area contributed by atoms with Crippen LogP contribution in [0, 0.1) is 0 Å². The Hall–Kier alpha value is -4.72. The Balaban J connectivity index is 1.41. The Bertz CT molecular complexity index is 1610. The lowest BCUT2D eigenvalue weighted by molar-refractivity contribution is -0.116. The van der Waals surface area contributed by atoms with Crippen molar-refractivity contribution >= 4 is 11.6 Å². The predicted molar refractivity (Wildman–Crippen MR) is 149 cm³/mol.